The first-order chi connectivity index (χ1) is 14.9. The van der Waals surface area contributed by atoms with Gasteiger partial charge in [-0.25, -0.2) is 4.79 Å². The molecule has 0 fully saturated rings. The molecule has 1 aliphatic carbocycles. The fourth-order valence-electron chi connectivity index (χ4n) is 4.14. The second-order valence-electron chi connectivity index (χ2n) is 7.76. The van der Waals surface area contributed by atoms with E-state index in [1.54, 1.807) is 24.3 Å². The van der Waals surface area contributed by atoms with Crippen molar-refractivity contribution < 1.29 is 23.5 Å². The zero-order chi connectivity index (χ0) is 22.1. The molecule has 2 heterocycles. The molecule has 2 aliphatic rings. The number of carbonyl (C=O) groups excluding carboxylic acids is 2. The third kappa shape index (κ3) is 4.12. The van der Waals surface area contributed by atoms with Crippen molar-refractivity contribution in [1.29, 1.82) is 0 Å². The van der Waals surface area contributed by atoms with E-state index >= 15 is 0 Å². The number of methoxy groups -OCH3 is 1. The standard InChI is InChI=1S/C24H24ClNO5/c1-13-11-15(7-9-17(13)25)30-12-16-8-10-20(31-16)23-21(24(28)29-3)14(2)26-18-5-4-6-19(27)22(18)23/h7-11,23,26H,4-6,12H2,1-3H3/t23-/m0/s1. The van der Waals surface area contributed by atoms with Gasteiger partial charge in [-0.1, -0.05) is 11.6 Å². The monoisotopic (exact) mass is 441 g/mol. The predicted molar refractivity (Wildman–Crippen MR) is 116 cm³/mol. The molecule has 2 aromatic rings. The van der Waals surface area contributed by atoms with Gasteiger partial charge in [0.2, 0.25) is 0 Å². The summed E-state index contributed by atoms with van der Waals surface area (Å²) >= 11 is 6.06. The first-order valence-corrected chi connectivity index (χ1v) is 10.6. The summed E-state index contributed by atoms with van der Waals surface area (Å²) in [6.07, 6.45) is 2.00. The first-order valence-electron chi connectivity index (χ1n) is 10.2. The summed E-state index contributed by atoms with van der Waals surface area (Å²) in [5.41, 5.74) is 3.44. The number of dihydropyridines is 1. The fourth-order valence-corrected chi connectivity index (χ4v) is 4.25. The van der Waals surface area contributed by atoms with Crippen molar-refractivity contribution in [3.8, 4) is 5.75 Å². The third-order valence-corrected chi connectivity index (χ3v) is 6.08. The van der Waals surface area contributed by atoms with Crippen LogP contribution in [0.4, 0.5) is 0 Å². The van der Waals surface area contributed by atoms with Gasteiger partial charge in [0.05, 0.1) is 18.6 Å². The van der Waals surface area contributed by atoms with Crippen molar-refractivity contribution >= 4 is 23.4 Å². The highest BCUT2D eigenvalue weighted by Crippen LogP contribution is 2.43. The van der Waals surface area contributed by atoms with Crippen molar-refractivity contribution in [1.82, 2.24) is 5.32 Å². The Kier molecular flexibility index (Phi) is 5.92. The summed E-state index contributed by atoms with van der Waals surface area (Å²) in [5.74, 6) is 0.746. The molecule has 0 saturated carbocycles. The summed E-state index contributed by atoms with van der Waals surface area (Å²) in [4.78, 5) is 25.4. The molecule has 0 unspecified atom stereocenters. The molecule has 0 amide bonds. The van der Waals surface area contributed by atoms with E-state index in [4.69, 9.17) is 25.5 Å². The fraction of sp³-hybridized carbons (Fsp3) is 0.333. The van der Waals surface area contributed by atoms with Crippen LogP contribution in [0.3, 0.4) is 0 Å². The summed E-state index contributed by atoms with van der Waals surface area (Å²) in [7, 11) is 1.34. The molecule has 1 aromatic heterocycles. The number of ether oxygens (including phenoxy) is 2. The number of hydrogen-bond acceptors (Lipinski definition) is 6. The zero-order valence-corrected chi connectivity index (χ0v) is 18.5. The third-order valence-electron chi connectivity index (χ3n) is 5.66. The first kappa shape index (κ1) is 21.2. The van der Waals surface area contributed by atoms with Crippen LogP contribution in [0.2, 0.25) is 5.02 Å². The number of halogens is 1. The number of esters is 1. The molecule has 0 bridgehead atoms. The molecular formula is C24H24ClNO5. The van der Waals surface area contributed by atoms with Crippen LogP contribution in [-0.4, -0.2) is 18.9 Å². The molecule has 4 rings (SSSR count). The quantitative estimate of drug-likeness (QED) is 0.660. The smallest absolute Gasteiger partial charge is 0.336 e. The minimum absolute atomic E-state index is 0.0264. The number of ketones is 1. The lowest BCUT2D eigenvalue weighted by Gasteiger charge is -2.32. The van der Waals surface area contributed by atoms with Crippen LogP contribution in [0.1, 0.15) is 49.2 Å². The number of Topliss-reactive ketones (excluding diaryl/α,β-unsaturated/α-hetero) is 1. The second kappa shape index (κ2) is 8.63. The Morgan fingerprint density at radius 3 is 2.77 bits per heavy atom. The summed E-state index contributed by atoms with van der Waals surface area (Å²) in [6.45, 7) is 3.94. The number of furan rings is 1. The van der Waals surface area contributed by atoms with Gasteiger partial charge in [0.25, 0.3) is 0 Å². The maximum absolute atomic E-state index is 12.8. The van der Waals surface area contributed by atoms with E-state index in [2.05, 4.69) is 5.32 Å². The Morgan fingerprint density at radius 1 is 1.23 bits per heavy atom. The highest BCUT2D eigenvalue weighted by molar-refractivity contribution is 6.31. The summed E-state index contributed by atoms with van der Waals surface area (Å²) in [5, 5.41) is 3.92. The maximum Gasteiger partial charge on any atom is 0.336 e. The van der Waals surface area contributed by atoms with E-state index in [1.807, 2.05) is 19.9 Å². The van der Waals surface area contributed by atoms with Crippen LogP contribution in [0.5, 0.6) is 5.75 Å². The van der Waals surface area contributed by atoms with E-state index in [0.717, 1.165) is 24.1 Å². The second-order valence-corrected chi connectivity index (χ2v) is 8.17. The molecule has 1 N–H and O–H groups in total. The normalized spacial score (nSPS) is 18.6. The minimum atomic E-state index is -0.594. The average Bonchev–Trinajstić information content (AvgIpc) is 3.22. The van der Waals surface area contributed by atoms with Crippen molar-refractivity contribution in [3.05, 3.63) is 75.0 Å². The Hall–Kier alpha value is -2.99. The van der Waals surface area contributed by atoms with Gasteiger partial charge < -0.3 is 19.2 Å². The van der Waals surface area contributed by atoms with Crippen LogP contribution in [-0.2, 0) is 20.9 Å². The largest absolute Gasteiger partial charge is 0.486 e. The Labute approximate surface area is 185 Å². The Bertz CT molecular complexity index is 1110. The van der Waals surface area contributed by atoms with Gasteiger partial charge in [0, 0.05) is 28.4 Å². The topological polar surface area (TPSA) is 77.8 Å². The minimum Gasteiger partial charge on any atom is -0.486 e. The van der Waals surface area contributed by atoms with Crippen molar-refractivity contribution in [2.24, 2.45) is 0 Å². The van der Waals surface area contributed by atoms with Crippen LogP contribution < -0.4 is 10.1 Å². The molecule has 31 heavy (non-hydrogen) atoms. The lowest BCUT2D eigenvalue weighted by molar-refractivity contribution is -0.136. The molecule has 1 aliphatic heterocycles. The average molecular weight is 442 g/mol. The van der Waals surface area contributed by atoms with Crippen LogP contribution >= 0.6 is 11.6 Å². The Morgan fingerprint density at radius 2 is 2.03 bits per heavy atom. The number of benzene rings is 1. The zero-order valence-electron chi connectivity index (χ0n) is 17.7. The molecule has 0 radical (unpaired) electrons. The molecule has 1 aromatic carbocycles. The molecule has 0 saturated heterocycles. The predicted octanol–water partition coefficient (Wildman–Crippen LogP) is 4.96. The highest BCUT2D eigenvalue weighted by Gasteiger charge is 2.40. The number of hydrogen-bond donors (Lipinski definition) is 1. The maximum atomic E-state index is 12.8. The number of rotatable bonds is 5. The van der Waals surface area contributed by atoms with Gasteiger partial charge in [-0.05, 0) is 62.6 Å². The highest BCUT2D eigenvalue weighted by atomic mass is 35.5. The van der Waals surface area contributed by atoms with Gasteiger partial charge in [-0.2, -0.15) is 0 Å². The number of carbonyl (C=O) groups is 2. The van der Waals surface area contributed by atoms with Gasteiger partial charge in [0.1, 0.15) is 23.9 Å². The van der Waals surface area contributed by atoms with Gasteiger partial charge >= 0.3 is 5.97 Å². The van der Waals surface area contributed by atoms with E-state index in [-0.39, 0.29) is 12.4 Å². The van der Waals surface area contributed by atoms with Gasteiger partial charge in [-0.3, -0.25) is 4.79 Å². The van der Waals surface area contributed by atoms with Crippen LogP contribution in [0.25, 0.3) is 0 Å². The van der Waals surface area contributed by atoms with Gasteiger partial charge in [0.15, 0.2) is 5.78 Å². The van der Waals surface area contributed by atoms with Crippen LogP contribution in [0.15, 0.2) is 57.3 Å². The van der Waals surface area contributed by atoms with E-state index in [0.29, 0.717) is 45.6 Å². The van der Waals surface area contributed by atoms with Crippen molar-refractivity contribution in [2.45, 2.75) is 45.6 Å². The van der Waals surface area contributed by atoms with E-state index < -0.39 is 11.9 Å². The van der Waals surface area contributed by atoms with E-state index in [1.165, 1.54) is 7.11 Å². The van der Waals surface area contributed by atoms with Gasteiger partial charge in [-0.15, -0.1) is 0 Å². The SMILES string of the molecule is COC(=O)C1=C(C)NC2=C(C(=O)CCC2)[C@H]1c1ccc(COc2ccc(Cl)c(C)c2)o1. The van der Waals surface area contributed by atoms with Crippen LogP contribution in [0, 0.1) is 6.92 Å². The van der Waals surface area contributed by atoms with E-state index in [9.17, 15) is 9.59 Å². The molecule has 1 atom stereocenters. The lowest BCUT2D eigenvalue weighted by atomic mass is 9.77. The number of nitrogens with one attached hydrogen (secondary N) is 1. The molecule has 0 spiro atoms. The summed E-state index contributed by atoms with van der Waals surface area (Å²) in [6, 6.07) is 9.04. The molecular weight excluding hydrogens is 418 g/mol. The lowest BCUT2D eigenvalue weighted by Crippen LogP contribution is -2.34. The molecule has 6 nitrogen and oxygen atoms in total. The number of aryl methyl sites for hydroxylation is 1. The Balaban J connectivity index is 1.64. The van der Waals surface area contributed by atoms with Crippen molar-refractivity contribution in [2.75, 3.05) is 7.11 Å². The van der Waals surface area contributed by atoms with Crippen molar-refractivity contribution in [3.63, 3.8) is 0 Å². The molecule has 7 heteroatoms. The molecule has 162 valence electrons. The summed E-state index contributed by atoms with van der Waals surface area (Å²) < 4.78 is 16.9. The number of allylic oxidation sites excluding steroid dienone is 3.